The van der Waals surface area contributed by atoms with Crippen molar-refractivity contribution in [2.24, 2.45) is 0 Å². The van der Waals surface area contributed by atoms with Crippen molar-refractivity contribution in [2.45, 2.75) is 30.5 Å². The van der Waals surface area contributed by atoms with Gasteiger partial charge in [-0.15, -0.1) is 11.8 Å². The molecule has 0 saturated carbocycles. The maximum atomic E-state index is 12.8. The first kappa shape index (κ1) is 19.9. The number of anilines is 1. The number of likely N-dealkylation sites (N-methyl/N-ethyl adjacent to an activating group) is 1. The van der Waals surface area contributed by atoms with Gasteiger partial charge in [-0.2, -0.15) is 4.98 Å². The molecular weight excluding hydrogens is 372 g/mol. The van der Waals surface area contributed by atoms with Crippen LogP contribution in [0.25, 0.3) is 0 Å². The Hall–Kier alpha value is -2.80. The van der Waals surface area contributed by atoms with Gasteiger partial charge in [0.25, 0.3) is 5.91 Å². The molecule has 1 heterocycles. The molecule has 3 rings (SSSR count). The standard InChI is InChI=1S/C21H24N4O2S/c1-15(25(3)17-9-5-4-6-10-17)13-22-21(26)18-11-7-8-12-19(18)28-14-20-23-16(2)27-24-20/h4-12,15H,13-14H2,1-3H3,(H,22,26). The molecule has 1 atom stereocenters. The fraction of sp³-hybridized carbons (Fsp3) is 0.286. The Labute approximate surface area is 169 Å². The molecule has 0 bridgehead atoms. The summed E-state index contributed by atoms with van der Waals surface area (Å²) in [6.07, 6.45) is 0. The van der Waals surface area contributed by atoms with E-state index in [4.69, 9.17) is 4.52 Å². The summed E-state index contributed by atoms with van der Waals surface area (Å²) in [7, 11) is 2.03. The zero-order valence-electron chi connectivity index (χ0n) is 16.3. The first-order valence-electron chi connectivity index (χ1n) is 9.11. The highest BCUT2D eigenvalue weighted by atomic mass is 32.2. The summed E-state index contributed by atoms with van der Waals surface area (Å²) in [5.41, 5.74) is 1.78. The summed E-state index contributed by atoms with van der Waals surface area (Å²) >= 11 is 1.52. The van der Waals surface area contributed by atoms with Crippen molar-refractivity contribution in [3.05, 3.63) is 71.9 Å². The fourth-order valence-corrected chi connectivity index (χ4v) is 3.61. The lowest BCUT2D eigenvalue weighted by Crippen LogP contribution is -2.40. The Morgan fingerprint density at radius 1 is 1.18 bits per heavy atom. The maximum Gasteiger partial charge on any atom is 0.252 e. The Morgan fingerprint density at radius 2 is 1.89 bits per heavy atom. The predicted octanol–water partition coefficient (Wildman–Crippen LogP) is 3.93. The maximum absolute atomic E-state index is 12.8. The van der Waals surface area contributed by atoms with Crippen molar-refractivity contribution in [1.29, 1.82) is 0 Å². The van der Waals surface area contributed by atoms with Gasteiger partial charge >= 0.3 is 0 Å². The van der Waals surface area contributed by atoms with Crippen molar-refractivity contribution < 1.29 is 9.32 Å². The highest BCUT2D eigenvalue weighted by Crippen LogP contribution is 2.25. The molecule has 1 N–H and O–H groups in total. The van der Waals surface area contributed by atoms with Crippen LogP contribution in [0.3, 0.4) is 0 Å². The van der Waals surface area contributed by atoms with Gasteiger partial charge < -0.3 is 14.7 Å². The van der Waals surface area contributed by atoms with Crippen LogP contribution in [0.2, 0.25) is 0 Å². The SMILES string of the molecule is Cc1nc(CSc2ccccc2C(=O)NCC(C)N(C)c2ccccc2)no1. The molecule has 3 aromatic rings. The predicted molar refractivity (Wildman–Crippen MR) is 112 cm³/mol. The van der Waals surface area contributed by atoms with Gasteiger partial charge in [-0.05, 0) is 31.2 Å². The molecule has 1 amide bonds. The molecule has 0 radical (unpaired) electrons. The summed E-state index contributed by atoms with van der Waals surface area (Å²) < 4.78 is 5.00. The molecule has 0 aliphatic carbocycles. The van der Waals surface area contributed by atoms with Gasteiger partial charge in [-0.1, -0.05) is 35.5 Å². The average molecular weight is 397 g/mol. The summed E-state index contributed by atoms with van der Waals surface area (Å²) in [6.45, 7) is 4.40. The number of thioether (sulfide) groups is 1. The molecule has 0 fully saturated rings. The van der Waals surface area contributed by atoms with Crippen molar-refractivity contribution in [1.82, 2.24) is 15.5 Å². The van der Waals surface area contributed by atoms with Gasteiger partial charge in [-0.25, -0.2) is 0 Å². The number of hydrogen-bond acceptors (Lipinski definition) is 6. The van der Waals surface area contributed by atoms with Crippen molar-refractivity contribution >= 4 is 23.4 Å². The largest absolute Gasteiger partial charge is 0.370 e. The Balaban J connectivity index is 1.59. The van der Waals surface area contributed by atoms with Crippen LogP contribution in [0.15, 0.2) is 64.0 Å². The number of rotatable bonds is 8. The molecule has 1 aromatic heterocycles. The fourth-order valence-electron chi connectivity index (χ4n) is 2.71. The van der Waals surface area contributed by atoms with E-state index in [0.29, 0.717) is 29.6 Å². The summed E-state index contributed by atoms with van der Waals surface area (Å²) in [6, 6.07) is 17.9. The monoisotopic (exact) mass is 396 g/mol. The minimum atomic E-state index is -0.0827. The lowest BCUT2D eigenvalue weighted by Gasteiger charge is -2.27. The molecule has 28 heavy (non-hydrogen) atoms. The van der Waals surface area contributed by atoms with Crippen LogP contribution < -0.4 is 10.2 Å². The highest BCUT2D eigenvalue weighted by molar-refractivity contribution is 7.98. The molecule has 7 heteroatoms. The third-order valence-corrected chi connectivity index (χ3v) is 5.51. The number of nitrogens with zero attached hydrogens (tertiary/aromatic N) is 3. The van der Waals surface area contributed by atoms with E-state index in [1.807, 2.05) is 49.5 Å². The van der Waals surface area contributed by atoms with Crippen LogP contribution in [-0.4, -0.2) is 35.7 Å². The third-order valence-electron chi connectivity index (χ3n) is 4.44. The van der Waals surface area contributed by atoms with Gasteiger partial charge in [0.2, 0.25) is 5.89 Å². The van der Waals surface area contributed by atoms with E-state index in [9.17, 15) is 4.79 Å². The molecule has 0 aliphatic heterocycles. The zero-order valence-corrected chi connectivity index (χ0v) is 17.1. The van der Waals surface area contributed by atoms with Crippen LogP contribution in [0, 0.1) is 6.92 Å². The van der Waals surface area contributed by atoms with Gasteiger partial charge in [0, 0.05) is 37.1 Å². The van der Waals surface area contributed by atoms with E-state index in [1.54, 1.807) is 6.92 Å². The van der Waals surface area contributed by atoms with Crippen LogP contribution in [0.1, 0.15) is 29.0 Å². The van der Waals surface area contributed by atoms with Crippen LogP contribution in [0.5, 0.6) is 0 Å². The molecule has 146 valence electrons. The molecule has 0 saturated heterocycles. The number of para-hydroxylation sites is 1. The lowest BCUT2D eigenvalue weighted by molar-refractivity contribution is 0.0948. The summed E-state index contributed by atoms with van der Waals surface area (Å²) in [5.74, 6) is 1.63. The number of hydrogen-bond donors (Lipinski definition) is 1. The van der Waals surface area contributed by atoms with E-state index in [2.05, 4.69) is 39.4 Å². The molecule has 2 aromatic carbocycles. The average Bonchev–Trinajstić information content (AvgIpc) is 3.15. The van der Waals surface area contributed by atoms with E-state index in [-0.39, 0.29) is 11.9 Å². The first-order chi connectivity index (χ1) is 13.5. The van der Waals surface area contributed by atoms with Crippen LogP contribution in [-0.2, 0) is 5.75 Å². The minimum Gasteiger partial charge on any atom is -0.370 e. The number of aryl methyl sites for hydroxylation is 1. The topological polar surface area (TPSA) is 71.3 Å². The highest BCUT2D eigenvalue weighted by Gasteiger charge is 2.15. The van der Waals surface area contributed by atoms with Crippen molar-refractivity contribution in [3.8, 4) is 0 Å². The van der Waals surface area contributed by atoms with E-state index in [0.717, 1.165) is 10.6 Å². The van der Waals surface area contributed by atoms with E-state index in [1.165, 1.54) is 11.8 Å². The Bertz CT molecular complexity index is 914. The molecule has 6 nitrogen and oxygen atoms in total. The molecular formula is C21H24N4O2S. The Kier molecular flexibility index (Phi) is 6.71. The molecule has 1 unspecified atom stereocenters. The second kappa shape index (κ2) is 9.41. The number of aromatic nitrogens is 2. The lowest BCUT2D eigenvalue weighted by atomic mass is 10.2. The second-order valence-corrected chi connectivity index (χ2v) is 7.54. The quantitative estimate of drug-likeness (QED) is 0.582. The van der Waals surface area contributed by atoms with Gasteiger partial charge in [0.05, 0.1) is 11.3 Å². The van der Waals surface area contributed by atoms with E-state index >= 15 is 0 Å². The number of nitrogens with one attached hydrogen (secondary N) is 1. The normalized spacial score (nSPS) is 11.8. The first-order valence-corrected chi connectivity index (χ1v) is 10.1. The number of amides is 1. The van der Waals surface area contributed by atoms with Crippen LogP contribution in [0.4, 0.5) is 5.69 Å². The summed E-state index contributed by atoms with van der Waals surface area (Å²) in [5, 5.41) is 6.95. The molecule has 0 spiro atoms. The van der Waals surface area contributed by atoms with Crippen molar-refractivity contribution in [3.63, 3.8) is 0 Å². The Morgan fingerprint density at radius 3 is 2.61 bits per heavy atom. The minimum absolute atomic E-state index is 0.0827. The summed E-state index contributed by atoms with van der Waals surface area (Å²) in [4.78, 5) is 20.0. The van der Waals surface area contributed by atoms with Gasteiger partial charge in [-0.3, -0.25) is 4.79 Å². The number of benzene rings is 2. The number of carbonyl (C=O) groups is 1. The zero-order chi connectivity index (χ0) is 19.9. The third kappa shape index (κ3) is 5.13. The molecule has 0 aliphatic rings. The van der Waals surface area contributed by atoms with Crippen molar-refractivity contribution in [2.75, 3.05) is 18.5 Å². The van der Waals surface area contributed by atoms with Gasteiger partial charge in [0.15, 0.2) is 5.82 Å². The second-order valence-electron chi connectivity index (χ2n) is 6.52. The van der Waals surface area contributed by atoms with Gasteiger partial charge in [0.1, 0.15) is 0 Å². The number of carbonyl (C=O) groups excluding carboxylic acids is 1. The van der Waals surface area contributed by atoms with E-state index < -0.39 is 0 Å². The smallest absolute Gasteiger partial charge is 0.252 e. The van der Waals surface area contributed by atoms with Crippen LogP contribution >= 0.6 is 11.8 Å².